The minimum absolute atomic E-state index is 0.0296. The Labute approximate surface area is 110 Å². The molecule has 0 saturated carbocycles. The Morgan fingerprint density at radius 1 is 1.16 bits per heavy atom. The average Bonchev–Trinajstić information content (AvgIpc) is 2.46. The van der Waals surface area contributed by atoms with Gasteiger partial charge >= 0.3 is 0 Å². The van der Waals surface area contributed by atoms with Crippen LogP contribution in [0, 0.1) is 10.1 Å². The van der Waals surface area contributed by atoms with Crippen molar-refractivity contribution in [3.05, 3.63) is 75.8 Å². The molecule has 0 amide bonds. The molecule has 0 radical (unpaired) electrons. The van der Waals surface area contributed by atoms with Gasteiger partial charge < -0.3 is 0 Å². The van der Waals surface area contributed by atoms with Gasteiger partial charge in [0.2, 0.25) is 0 Å². The van der Waals surface area contributed by atoms with Crippen molar-refractivity contribution in [2.24, 2.45) is 5.73 Å². The van der Waals surface area contributed by atoms with Gasteiger partial charge in [-0.3, -0.25) is 20.8 Å². The average molecular weight is 256 g/mol. The predicted molar refractivity (Wildman–Crippen MR) is 72.5 cm³/mol. The molecule has 0 aliphatic heterocycles. The van der Waals surface area contributed by atoms with Gasteiger partial charge in [-0.15, -0.1) is 0 Å². The van der Waals surface area contributed by atoms with Gasteiger partial charge in [0.15, 0.2) is 0 Å². The first kappa shape index (κ1) is 12.8. The first-order chi connectivity index (χ1) is 9.16. The molecule has 0 heterocycles. The van der Waals surface area contributed by atoms with Crippen molar-refractivity contribution in [3.8, 4) is 0 Å². The van der Waals surface area contributed by atoms with Crippen molar-refractivity contribution in [3.63, 3.8) is 0 Å². The number of hydrogen-bond donors (Lipinski definition) is 2. The number of hydrogen-bond acceptors (Lipinski definition) is 2. The first-order valence-electron chi connectivity index (χ1n) is 5.82. The quantitative estimate of drug-likeness (QED) is 0.363. The molecule has 0 aliphatic rings. The van der Waals surface area contributed by atoms with Crippen LogP contribution < -0.4 is 10.7 Å². The van der Waals surface area contributed by atoms with Gasteiger partial charge in [-0.25, -0.2) is 0 Å². The van der Waals surface area contributed by atoms with E-state index >= 15 is 0 Å². The number of nitro benzene ring substituents is 1. The highest BCUT2D eigenvalue weighted by Gasteiger charge is 2.10. The Bertz CT molecular complexity index is 609. The zero-order chi connectivity index (χ0) is 13.7. The number of nitrogens with zero attached hydrogens (tertiary/aromatic N) is 1. The van der Waals surface area contributed by atoms with E-state index in [1.54, 1.807) is 12.1 Å². The van der Waals surface area contributed by atoms with Crippen LogP contribution in [0.25, 0.3) is 0 Å². The Morgan fingerprint density at radius 2 is 1.89 bits per heavy atom. The summed E-state index contributed by atoms with van der Waals surface area (Å²) in [5.41, 5.74) is 7.63. The Balaban J connectivity index is 2.17. The minimum atomic E-state index is -0.437. The predicted octanol–water partition coefficient (Wildman–Crippen LogP) is 0.581. The van der Waals surface area contributed by atoms with Gasteiger partial charge in [0.1, 0.15) is 6.54 Å². The zero-order valence-electron chi connectivity index (χ0n) is 10.2. The van der Waals surface area contributed by atoms with Crippen molar-refractivity contribution < 1.29 is 9.92 Å². The van der Waals surface area contributed by atoms with Crippen molar-refractivity contribution in [1.29, 1.82) is 0 Å². The highest BCUT2D eigenvalue weighted by atomic mass is 16.6. The Morgan fingerprint density at radius 3 is 2.58 bits per heavy atom. The molecule has 0 atom stereocenters. The molecule has 5 heteroatoms. The molecule has 0 aromatic heterocycles. The van der Waals surface area contributed by atoms with E-state index in [1.165, 1.54) is 12.1 Å². The molecule has 2 rings (SSSR count). The number of nitrogen functional groups attached to an aromatic ring is 1. The van der Waals surface area contributed by atoms with Crippen LogP contribution in [0.4, 0.5) is 5.69 Å². The van der Waals surface area contributed by atoms with E-state index in [0.29, 0.717) is 17.9 Å². The summed E-state index contributed by atoms with van der Waals surface area (Å²) < 4.78 is 0. The van der Waals surface area contributed by atoms with Crippen LogP contribution in [-0.2, 0) is 6.54 Å². The standard InChI is InChI=1S/C14H13N3O2/c15-14(16-10-11-5-2-1-3-6-11)12-7-4-8-13(9-12)17(18)19/h1-9H,10H2,(H2,15,16)/p+1. The lowest BCUT2D eigenvalue weighted by molar-refractivity contribution is -0.475. The summed E-state index contributed by atoms with van der Waals surface area (Å²) in [7, 11) is 0. The van der Waals surface area contributed by atoms with Crippen LogP contribution in [0.1, 0.15) is 11.1 Å². The third-order valence-electron chi connectivity index (χ3n) is 2.69. The Hall–Kier alpha value is -2.69. The second-order valence-corrected chi connectivity index (χ2v) is 4.06. The molecular formula is C14H14N3O2+. The van der Waals surface area contributed by atoms with Crippen LogP contribution >= 0.6 is 0 Å². The molecule has 0 saturated heterocycles. The molecule has 0 spiro atoms. The molecule has 2 aromatic rings. The molecule has 3 N–H and O–H groups in total. The molecule has 5 nitrogen and oxygen atoms in total. The molecule has 0 aliphatic carbocycles. The lowest BCUT2D eigenvalue weighted by atomic mass is 10.2. The van der Waals surface area contributed by atoms with Gasteiger partial charge in [-0.2, -0.15) is 0 Å². The summed E-state index contributed by atoms with van der Waals surface area (Å²) in [6, 6.07) is 16.0. The lowest BCUT2D eigenvalue weighted by Crippen LogP contribution is -2.74. The number of benzene rings is 2. The van der Waals surface area contributed by atoms with E-state index in [4.69, 9.17) is 5.73 Å². The second-order valence-electron chi connectivity index (χ2n) is 4.06. The van der Waals surface area contributed by atoms with Gasteiger partial charge in [-0.05, 0) is 11.6 Å². The Kier molecular flexibility index (Phi) is 3.87. The van der Waals surface area contributed by atoms with Crippen LogP contribution in [0.5, 0.6) is 0 Å². The van der Waals surface area contributed by atoms with E-state index in [2.05, 4.69) is 4.99 Å². The van der Waals surface area contributed by atoms with Gasteiger partial charge in [-0.1, -0.05) is 36.4 Å². The van der Waals surface area contributed by atoms with E-state index < -0.39 is 4.92 Å². The van der Waals surface area contributed by atoms with Crippen LogP contribution in [-0.4, -0.2) is 10.8 Å². The maximum absolute atomic E-state index is 10.7. The summed E-state index contributed by atoms with van der Waals surface area (Å²) in [6.07, 6.45) is 0. The fourth-order valence-corrected chi connectivity index (χ4v) is 1.68. The maximum atomic E-state index is 10.7. The molecule has 19 heavy (non-hydrogen) atoms. The third-order valence-corrected chi connectivity index (χ3v) is 2.69. The second kappa shape index (κ2) is 5.77. The van der Waals surface area contributed by atoms with E-state index in [-0.39, 0.29) is 5.69 Å². The fraction of sp³-hybridized carbons (Fsp3) is 0.0714. The number of rotatable bonds is 4. The molecule has 0 unspecified atom stereocenters. The minimum Gasteiger partial charge on any atom is -0.287 e. The van der Waals surface area contributed by atoms with Crippen molar-refractivity contribution in [2.45, 2.75) is 6.54 Å². The number of nitro groups is 1. The van der Waals surface area contributed by atoms with E-state index in [1.807, 2.05) is 30.3 Å². The van der Waals surface area contributed by atoms with E-state index in [9.17, 15) is 10.1 Å². The topological polar surface area (TPSA) is 83.1 Å². The third kappa shape index (κ3) is 3.38. The number of nitrogens with one attached hydrogen (secondary N) is 1. The molecule has 0 fully saturated rings. The van der Waals surface area contributed by atoms with Gasteiger partial charge in [0.05, 0.1) is 10.5 Å². The maximum Gasteiger partial charge on any atom is 0.273 e. The number of non-ortho nitro benzene ring substituents is 1. The van der Waals surface area contributed by atoms with Crippen LogP contribution in [0.3, 0.4) is 0 Å². The molecule has 0 bridgehead atoms. The SMILES string of the molecule is NC(=[NH+]Cc1ccccc1)c1cccc([N+](=O)[O-])c1. The highest BCUT2D eigenvalue weighted by Crippen LogP contribution is 2.11. The van der Waals surface area contributed by atoms with Gasteiger partial charge in [0, 0.05) is 12.1 Å². The number of amidine groups is 1. The smallest absolute Gasteiger partial charge is 0.273 e. The summed E-state index contributed by atoms with van der Waals surface area (Å²) >= 11 is 0. The van der Waals surface area contributed by atoms with Crippen molar-refractivity contribution in [1.82, 2.24) is 0 Å². The van der Waals surface area contributed by atoms with Gasteiger partial charge in [0.25, 0.3) is 11.5 Å². The monoisotopic (exact) mass is 256 g/mol. The summed E-state index contributed by atoms with van der Waals surface area (Å²) in [6.45, 7) is 0.579. The zero-order valence-corrected chi connectivity index (χ0v) is 10.2. The fourth-order valence-electron chi connectivity index (χ4n) is 1.68. The molecular weight excluding hydrogens is 242 g/mol. The molecule has 96 valence electrons. The number of nitrogens with two attached hydrogens (primary N) is 1. The molecule has 2 aromatic carbocycles. The largest absolute Gasteiger partial charge is 0.287 e. The lowest BCUT2D eigenvalue weighted by Gasteiger charge is -1.97. The summed E-state index contributed by atoms with van der Waals surface area (Å²) in [5, 5.41) is 10.7. The van der Waals surface area contributed by atoms with Crippen LogP contribution in [0.15, 0.2) is 54.6 Å². The normalized spacial score (nSPS) is 11.3. The van der Waals surface area contributed by atoms with E-state index in [0.717, 1.165) is 5.56 Å². The summed E-state index contributed by atoms with van der Waals surface area (Å²) in [5.74, 6) is 0.424. The van der Waals surface area contributed by atoms with Crippen LogP contribution in [0.2, 0.25) is 0 Å². The van der Waals surface area contributed by atoms with Crippen molar-refractivity contribution in [2.75, 3.05) is 0 Å². The first-order valence-corrected chi connectivity index (χ1v) is 5.82. The van der Waals surface area contributed by atoms with Crippen molar-refractivity contribution >= 4 is 11.5 Å². The summed E-state index contributed by atoms with van der Waals surface area (Å²) in [4.78, 5) is 13.3. The highest BCUT2D eigenvalue weighted by molar-refractivity contribution is 5.93.